The summed E-state index contributed by atoms with van der Waals surface area (Å²) >= 11 is 0. The zero-order valence-electron chi connectivity index (χ0n) is 13.8. The van der Waals surface area contributed by atoms with E-state index in [1.54, 1.807) is 0 Å². The molecule has 0 radical (unpaired) electrons. The van der Waals surface area contributed by atoms with Crippen molar-refractivity contribution < 1.29 is 4.79 Å². The summed E-state index contributed by atoms with van der Waals surface area (Å²) in [6, 6.07) is 8.31. The molecule has 1 aromatic rings. The molecule has 0 spiro atoms. The Morgan fingerprint density at radius 2 is 1.64 bits per heavy atom. The van der Waals surface area contributed by atoms with Crippen molar-refractivity contribution in [2.24, 2.45) is 5.41 Å². The lowest BCUT2D eigenvalue weighted by atomic mass is 9.88. The molecular weight excluding hydrogens is 274 g/mol. The summed E-state index contributed by atoms with van der Waals surface area (Å²) in [7, 11) is 2.17. The Hall–Kier alpha value is -1.55. The Morgan fingerprint density at radius 1 is 1.05 bits per heavy atom. The van der Waals surface area contributed by atoms with E-state index in [1.807, 2.05) is 12.1 Å². The predicted octanol–water partition coefficient (Wildman–Crippen LogP) is 2.96. The third-order valence-corrected chi connectivity index (χ3v) is 5.25. The lowest BCUT2D eigenvalue weighted by molar-refractivity contribution is -0.124. The van der Waals surface area contributed by atoms with Gasteiger partial charge in [0.2, 0.25) is 5.91 Å². The highest BCUT2D eigenvalue weighted by atomic mass is 16.2. The molecule has 1 heterocycles. The molecule has 1 aliphatic heterocycles. The van der Waals surface area contributed by atoms with Crippen LogP contribution < -0.4 is 10.2 Å². The summed E-state index contributed by atoms with van der Waals surface area (Å²) in [6.45, 7) is 6.45. The monoisotopic (exact) mass is 301 g/mol. The fourth-order valence-electron chi connectivity index (χ4n) is 3.48. The van der Waals surface area contributed by atoms with Gasteiger partial charge in [-0.2, -0.15) is 0 Å². The van der Waals surface area contributed by atoms with Gasteiger partial charge in [-0.1, -0.05) is 19.8 Å². The van der Waals surface area contributed by atoms with Crippen LogP contribution in [0.15, 0.2) is 24.3 Å². The first-order valence-electron chi connectivity index (χ1n) is 8.42. The van der Waals surface area contributed by atoms with Crippen molar-refractivity contribution in [3.05, 3.63) is 24.3 Å². The number of hydrogen-bond donors (Lipinski definition) is 1. The molecule has 0 unspecified atom stereocenters. The molecule has 1 amide bonds. The standard InChI is InChI=1S/C18H27N3O/c1-18(9-3-4-10-18)17(22)19-15-5-7-16(8-6-15)21-13-11-20(2)12-14-21/h5-8H,3-4,9-14H2,1-2H3,(H,19,22). The lowest BCUT2D eigenvalue weighted by Gasteiger charge is -2.34. The van der Waals surface area contributed by atoms with Crippen LogP contribution in [0.1, 0.15) is 32.6 Å². The van der Waals surface area contributed by atoms with E-state index in [1.165, 1.54) is 18.5 Å². The van der Waals surface area contributed by atoms with Crippen molar-refractivity contribution in [1.29, 1.82) is 0 Å². The first-order valence-corrected chi connectivity index (χ1v) is 8.42. The molecule has 1 aliphatic carbocycles. The number of hydrogen-bond acceptors (Lipinski definition) is 3. The van der Waals surface area contributed by atoms with Gasteiger partial charge in [0, 0.05) is 43.0 Å². The molecule has 0 aromatic heterocycles. The van der Waals surface area contributed by atoms with Gasteiger partial charge in [0.1, 0.15) is 0 Å². The molecule has 1 saturated heterocycles. The van der Waals surface area contributed by atoms with Crippen LogP contribution >= 0.6 is 0 Å². The maximum atomic E-state index is 12.4. The van der Waals surface area contributed by atoms with Gasteiger partial charge >= 0.3 is 0 Å². The summed E-state index contributed by atoms with van der Waals surface area (Å²) in [4.78, 5) is 17.2. The second kappa shape index (κ2) is 6.29. The van der Waals surface area contributed by atoms with E-state index in [2.05, 4.69) is 41.2 Å². The SMILES string of the molecule is CN1CCN(c2ccc(NC(=O)C3(C)CCCC3)cc2)CC1. The van der Waals surface area contributed by atoms with Crippen molar-refractivity contribution in [3.8, 4) is 0 Å². The molecule has 22 heavy (non-hydrogen) atoms. The Morgan fingerprint density at radius 3 is 2.23 bits per heavy atom. The molecule has 2 fully saturated rings. The van der Waals surface area contributed by atoms with Gasteiger partial charge in [0.15, 0.2) is 0 Å². The van der Waals surface area contributed by atoms with Gasteiger partial charge in [-0.15, -0.1) is 0 Å². The molecule has 1 saturated carbocycles. The van der Waals surface area contributed by atoms with Gasteiger partial charge in [-0.25, -0.2) is 0 Å². The van der Waals surface area contributed by atoms with E-state index in [-0.39, 0.29) is 11.3 Å². The molecule has 0 atom stereocenters. The second-order valence-corrected chi connectivity index (χ2v) is 7.06. The van der Waals surface area contributed by atoms with Gasteiger partial charge in [0.05, 0.1) is 0 Å². The van der Waals surface area contributed by atoms with E-state index >= 15 is 0 Å². The number of nitrogens with zero attached hydrogens (tertiary/aromatic N) is 2. The molecule has 1 N–H and O–H groups in total. The summed E-state index contributed by atoms with van der Waals surface area (Å²) in [5, 5.41) is 3.10. The van der Waals surface area contributed by atoms with Crippen LogP contribution in [0.3, 0.4) is 0 Å². The van der Waals surface area contributed by atoms with Crippen LogP contribution in [0.2, 0.25) is 0 Å². The van der Waals surface area contributed by atoms with E-state index in [9.17, 15) is 4.79 Å². The van der Waals surface area contributed by atoms with Crippen LogP contribution in [0.4, 0.5) is 11.4 Å². The third-order valence-electron chi connectivity index (χ3n) is 5.25. The maximum absolute atomic E-state index is 12.4. The van der Waals surface area contributed by atoms with Gasteiger partial charge in [-0.05, 0) is 44.2 Å². The van der Waals surface area contributed by atoms with E-state index in [0.717, 1.165) is 44.7 Å². The van der Waals surface area contributed by atoms with E-state index in [4.69, 9.17) is 0 Å². The largest absolute Gasteiger partial charge is 0.369 e. The van der Waals surface area contributed by atoms with Crippen LogP contribution in [-0.2, 0) is 4.79 Å². The predicted molar refractivity (Wildman–Crippen MR) is 91.4 cm³/mol. The maximum Gasteiger partial charge on any atom is 0.230 e. The number of amides is 1. The fourth-order valence-corrected chi connectivity index (χ4v) is 3.48. The molecule has 3 rings (SSSR count). The first-order chi connectivity index (χ1) is 10.6. The topological polar surface area (TPSA) is 35.6 Å². The number of rotatable bonds is 3. The Kier molecular flexibility index (Phi) is 4.39. The summed E-state index contributed by atoms with van der Waals surface area (Å²) in [5.41, 5.74) is 1.99. The highest BCUT2D eigenvalue weighted by molar-refractivity contribution is 5.95. The Balaban J connectivity index is 1.61. The average Bonchev–Trinajstić information content (AvgIpc) is 2.97. The number of piperazine rings is 1. The number of nitrogens with one attached hydrogen (secondary N) is 1. The minimum atomic E-state index is -0.171. The molecule has 4 nitrogen and oxygen atoms in total. The van der Waals surface area contributed by atoms with Crippen molar-refractivity contribution in [2.75, 3.05) is 43.4 Å². The highest BCUT2D eigenvalue weighted by Crippen LogP contribution is 2.38. The molecule has 4 heteroatoms. The van der Waals surface area contributed by atoms with Crippen LogP contribution in [-0.4, -0.2) is 44.0 Å². The second-order valence-electron chi connectivity index (χ2n) is 7.06. The van der Waals surface area contributed by atoms with Crippen LogP contribution in [0.25, 0.3) is 0 Å². The van der Waals surface area contributed by atoms with Crippen molar-refractivity contribution in [1.82, 2.24) is 4.90 Å². The van der Waals surface area contributed by atoms with E-state index in [0.29, 0.717) is 0 Å². The quantitative estimate of drug-likeness (QED) is 0.932. The number of carbonyl (C=O) groups is 1. The van der Waals surface area contributed by atoms with Crippen molar-refractivity contribution in [3.63, 3.8) is 0 Å². The minimum absolute atomic E-state index is 0.171. The smallest absolute Gasteiger partial charge is 0.230 e. The molecule has 1 aromatic carbocycles. The van der Waals surface area contributed by atoms with Gasteiger partial charge < -0.3 is 15.1 Å². The summed E-state index contributed by atoms with van der Waals surface area (Å²) in [6.07, 6.45) is 4.37. The van der Waals surface area contributed by atoms with Crippen molar-refractivity contribution in [2.45, 2.75) is 32.6 Å². The number of carbonyl (C=O) groups excluding carboxylic acids is 1. The molecule has 120 valence electrons. The summed E-state index contributed by atoms with van der Waals surface area (Å²) in [5.74, 6) is 0.178. The number of anilines is 2. The molecule has 0 bridgehead atoms. The molecule has 2 aliphatic rings. The van der Waals surface area contributed by atoms with Crippen molar-refractivity contribution >= 4 is 17.3 Å². The molecular formula is C18H27N3O. The number of benzene rings is 1. The van der Waals surface area contributed by atoms with Gasteiger partial charge in [0.25, 0.3) is 0 Å². The van der Waals surface area contributed by atoms with Crippen LogP contribution in [0, 0.1) is 5.41 Å². The highest BCUT2D eigenvalue weighted by Gasteiger charge is 2.36. The third kappa shape index (κ3) is 3.27. The average molecular weight is 301 g/mol. The first kappa shape index (κ1) is 15.3. The fraction of sp³-hybridized carbons (Fsp3) is 0.611. The lowest BCUT2D eigenvalue weighted by Crippen LogP contribution is -2.44. The minimum Gasteiger partial charge on any atom is -0.369 e. The van der Waals surface area contributed by atoms with E-state index < -0.39 is 0 Å². The number of likely N-dealkylation sites (N-methyl/N-ethyl adjacent to an activating group) is 1. The Bertz CT molecular complexity index is 512. The zero-order valence-corrected chi connectivity index (χ0v) is 13.8. The normalized spacial score (nSPS) is 21.8. The summed E-state index contributed by atoms with van der Waals surface area (Å²) < 4.78 is 0. The van der Waals surface area contributed by atoms with Gasteiger partial charge in [-0.3, -0.25) is 4.79 Å². The zero-order chi connectivity index (χ0) is 15.6. The Labute approximate surface area is 133 Å². The van der Waals surface area contributed by atoms with Crippen LogP contribution in [0.5, 0.6) is 0 Å².